The van der Waals surface area contributed by atoms with Gasteiger partial charge in [0.25, 0.3) is 0 Å². The zero-order valence-electron chi connectivity index (χ0n) is 12.7. The molecule has 0 aromatic heterocycles. The Morgan fingerprint density at radius 2 is 2.23 bits per heavy atom. The van der Waals surface area contributed by atoms with Crippen LogP contribution in [0.1, 0.15) is 18.1 Å². The van der Waals surface area contributed by atoms with Crippen LogP contribution in [0.15, 0.2) is 24.3 Å². The summed E-state index contributed by atoms with van der Waals surface area (Å²) in [7, 11) is 1.71. The Morgan fingerprint density at radius 1 is 1.50 bits per heavy atom. The van der Waals surface area contributed by atoms with Crippen molar-refractivity contribution in [2.45, 2.75) is 12.5 Å². The lowest BCUT2D eigenvalue weighted by Gasteiger charge is -2.33. The van der Waals surface area contributed by atoms with Gasteiger partial charge in [-0.25, -0.2) is 4.39 Å². The number of halogens is 1. The summed E-state index contributed by atoms with van der Waals surface area (Å²) in [6, 6.07) is 8.29. The van der Waals surface area contributed by atoms with Crippen molar-refractivity contribution in [2.24, 2.45) is 0 Å². The molecular weight excluding hydrogens is 285 g/mol. The summed E-state index contributed by atoms with van der Waals surface area (Å²) in [6.07, 6.45) is 0.190. The first-order chi connectivity index (χ1) is 10.6. The minimum Gasteiger partial charge on any atom is -0.371 e. The standard InChI is InChI=1S/C16H20FN3O2/c1-19(8-2-7-18)16(21)12-20-9-10-22-15(11-20)13-3-5-14(17)6-4-13/h3-6,15H,2,8-12H2,1H3. The van der Waals surface area contributed by atoms with E-state index in [4.69, 9.17) is 10.00 Å². The van der Waals surface area contributed by atoms with Gasteiger partial charge in [-0.2, -0.15) is 5.26 Å². The van der Waals surface area contributed by atoms with Crippen LogP contribution in [-0.4, -0.2) is 55.5 Å². The van der Waals surface area contributed by atoms with Gasteiger partial charge in [-0.05, 0) is 17.7 Å². The van der Waals surface area contributed by atoms with Crippen LogP contribution in [0.3, 0.4) is 0 Å². The van der Waals surface area contributed by atoms with Crippen LogP contribution in [0, 0.1) is 17.1 Å². The third-order valence-electron chi connectivity index (χ3n) is 3.74. The van der Waals surface area contributed by atoms with Crippen LogP contribution in [0.4, 0.5) is 4.39 Å². The van der Waals surface area contributed by atoms with Gasteiger partial charge in [-0.1, -0.05) is 12.1 Å². The first-order valence-corrected chi connectivity index (χ1v) is 7.30. The second kappa shape index (κ2) is 7.87. The molecule has 6 heteroatoms. The lowest BCUT2D eigenvalue weighted by atomic mass is 10.1. The van der Waals surface area contributed by atoms with E-state index >= 15 is 0 Å². The van der Waals surface area contributed by atoms with E-state index < -0.39 is 0 Å². The first kappa shape index (κ1) is 16.4. The summed E-state index contributed by atoms with van der Waals surface area (Å²) in [6.45, 7) is 2.58. The predicted molar refractivity (Wildman–Crippen MR) is 79.4 cm³/mol. The number of hydrogen-bond donors (Lipinski definition) is 0. The van der Waals surface area contributed by atoms with Crippen molar-refractivity contribution in [1.29, 1.82) is 5.26 Å². The van der Waals surface area contributed by atoms with Gasteiger partial charge in [0, 0.05) is 26.7 Å². The molecule has 1 unspecified atom stereocenters. The normalized spacial score (nSPS) is 18.7. The molecule has 5 nitrogen and oxygen atoms in total. The highest BCUT2D eigenvalue weighted by atomic mass is 19.1. The largest absolute Gasteiger partial charge is 0.371 e. The number of carbonyl (C=O) groups is 1. The first-order valence-electron chi connectivity index (χ1n) is 7.30. The lowest BCUT2D eigenvalue weighted by molar-refractivity contribution is -0.133. The number of hydrogen-bond acceptors (Lipinski definition) is 4. The molecule has 22 heavy (non-hydrogen) atoms. The fourth-order valence-corrected chi connectivity index (χ4v) is 2.38. The van der Waals surface area contributed by atoms with Gasteiger partial charge in [0.05, 0.1) is 31.7 Å². The van der Waals surface area contributed by atoms with Crippen molar-refractivity contribution >= 4 is 5.91 Å². The highest BCUT2D eigenvalue weighted by molar-refractivity contribution is 5.78. The zero-order valence-corrected chi connectivity index (χ0v) is 12.7. The molecule has 0 bridgehead atoms. The van der Waals surface area contributed by atoms with Crippen molar-refractivity contribution in [3.63, 3.8) is 0 Å². The number of amides is 1. The Balaban J connectivity index is 1.89. The predicted octanol–water partition coefficient (Wildman–Crippen LogP) is 1.57. The Bertz CT molecular complexity index is 541. The molecule has 0 aliphatic carbocycles. The minimum atomic E-state index is -0.272. The molecule has 1 amide bonds. The number of nitrogens with zero attached hydrogens (tertiary/aromatic N) is 3. The molecular formula is C16H20FN3O2. The van der Waals surface area contributed by atoms with E-state index in [1.165, 1.54) is 12.1 Å². The van der Waals surface area contributed by atoms with Crippen LogP contribution in [0.2, 0.25) is 0 Å². The van der Waals surface area contributed by atoms with Crippen molar-refractivity contribution in [1.82, 2.24) is 9.80 Å². The van der Waals surface area contributed by atoms with Crippen LogP contribution < -0.4 is 0 Å². The highest BCUT2D eigenvalue weighted by Crippen LogP contribution is 2.22. The molecule has 0 N–H and O–H groups in total. The fourth-order valence-electron chi connectivity index (χ4n) is 2.38. The summed E-state index contributed by atoms with van der Waals surface area (Å²) >= 11 is 0. The number of likely N-dealkylation sites (N-methyl/N-ethyl adjacent to an activating group) is 1. The molecule has 1 heterocycles. The molecule has 2 rings (SSSR count). The van der Waals surface area contributed by atoms with E-state index in [-0.39, 0.29) is 17.8 Å². The van der Waals surface area contributed by atoms with E-state index in [0.717, 1.165) is 5.56 Å². The highest BCUT2D eigenvalue weighted by Gasteiger charge is 2.24. The molecule has 1 aromatic carbocycles. The Kier molecular flexibility index (Phi) is 5.87. The SMILES string of the molecule is CN(CCC#N)C(=O)CN1CCOC(c2ccc(F)cc2)C1. The Morgan fingerprint density at radius 3 is 2.91 bits per heavy atom. The summed E-state index contributed by atoms with van der Waals surface area (Å²) in [4.78, 5) is 15.7. The quantitative estimate of drug-likeness (QED) is 0.828. The van der Waals surface area contributed by atoms with Gasteiger partial charge in [0.1, 0.15) is 5.82 Å². The topological polar surface area (TPSA) is 56.6 Å². The molecule has 0 saturated carbocycles. The number of ether oxygens (including phenoxy) is 1. The van der Waals surface area contributed by atoms with Crippen LogP contribution in [-0.2, 0) is 9.53 Å². The number of benzene rings is 1. The van der Waals surface area contributed by atoms with E-state index in [1.54, 1.807) is 24.1 Å². The van der Waals surface area contributed by atoms with E-state index in [0.29, 0.717) is 39.2 Å². The van der Waals surface area contributed by atoms with Gasteiger partial charge in [0.2, 0.25) is 5.91 Å². The van der Waals surface area contributed by atoms with Gasteiger partial charge >= 0.3 is 0 Å². The summed E-state index contributed by atoms with van der Waals surface area (Å²) in [5.74, 6) is -0.277. The molecule has 0 spiro atoms. The van der Waals surface area contributed by atoms with E-state index in [2.05, 4.69) is 0 Å². The van der Waals surface area contributed by atoms with Crippen LogP contribution in [0.25, 0.3) is 0 Å². The third-order valence-corrected chi connectivity index (χ3v) is 3.74. The van der Waals surface area contributed by atoms with Gasteiger partial charge < -0.3 is 9.64 Å². The van der Waals surface area contributed by atoms with Crippen molar-refractivity contribution in [3.05, 3.63) is 35.6 Å². The summed E-state index contributed by atoms with van der Waals surface area (Å²) in [5, 5.41) is 8.56. The lowest BCUT2D eigenvalue weighted by Crippen LogP contribution is -2.44. The molecule has 1 aliphatic heterocycles. The van der Waals surface area contributed by atoms with E-state index in [9.17, 15) is 9.18 Å². The van der Waals surface area contributed by atoms with Crippen molar-refractivity contribution in [3.8, 4) is 6.07 Å². The van der Waals surface area contributed by atoms with Gasteiger partial charge in [-0.3, -0.25) is 9.69 Å². The smallest absolute Gasteiger partial charge is 0.236 e. The Hall–Kier alpha value is -1.97. The van der Waals surface area contributed by atoms with Crippen LogP contribution >= 0.6 is 0 Å². The molecule has 1 aromatic rings. The number of carbonyl (C=O) groups excluding carboxylic acids is 1. The summed E-state index contributed by atoms with van der Waals surface area (Å²) in [5.41, 5.74) is 0.913. The fraction of sp³-hybridized carbons (Fsp3) is 0.500. The average molecular weight is 305 g/mol. The monoisotopic (exact) mass is 305 g/mol. The second-order valence-corrected chi connectivity index (χ2v) is 5.37. The maximum absolute atomic E-state index is 13.0. The van der Waals surface area contributed by atoms with Crippen LogP contribution in [0.5, 0.6) is 0 Å². The van der Waals surface area contributed by atoms with Gasteiger partial charge in [-0.15, -0.1) is 0 Å². The van der Waals surface area contributed by atoms with Crippen molar-refractivity contribution in [2.75, 3.05) is 39.8 Å². The maximum Gasteiger partial charge on any atom is 0.236 e. The average Bonchev–Trinajstić information content (AvgIpc) is 2.53. The molecule has 1 fully saturated rings. The number of rotatable bonds is 5. The Labute approximate surface area is 129 Å². The minimum absolute atomic E-state index is 0.00462. The van der Waals surface area contributed by atoms with Gasteiger partial charge in [0.15, 0.2) is 0 Å². The molecule has 118 valence electrons. The molecule has 1 aliphatic rings. The second-order valence-electron chi connectivity index (χ2n) is 5.37. The third kappa shape index (κ3) is 4.52. The van der Waals surface area contributed by atoms with Crippen molar-refractivity contribution < 1.29 is 13.9 Å². The molecule has 1 atom stereocenters. The number of morpholine rings is 1. The maximum atomic E-state index is 13.0. The zero-order chi connectivity index (χ0) is 15.9. The molecule has 1 saturated heterocycles. The van der Waals surface area contributed by atoms with E-state index in [1.807, 2.05) is 11.0 Å². The molecule has 0 radical (unpaired) electrons. The number of nitriles is 1. The summed E-state index contributed by atoms with van der Waals surface area (Å²) < 4.78 is 18.7.